The average molecular weight is 270 g/mol. The Morgan fingerprint density at radius 2 is 2.06 bits per heavy atom. The molecule has 1 atom stereocenters. The minimum Gasteiger partial charge on any atom is -0.377 e. The first-order valence-electron chi connectivity index (χ1n) is 6.02. The summed E-state index contributed by atoms with van der Waals surface area (Å²) < 4.78 is 31.9. The van der Waals surface area contributed by atoms with Gasteiger partial charge in [0.05, 0.1) is 11.0 Å². The number of hydrogen-bond acceptors (Lipinski definition) is 4. The largest absolute Gasteiger partial charge is 0.377 e. The molecule has 0 aromatic heterocycles. The van der Waals surface area contributed by atoms with E-state index in [0.29, 0.717) is 13.1 Å². The minimum absolute atomic E-state index is 0.00286. The Bertz CT molecular complexity index is 479. The van der Waals surface area contributed by atoms with E-state index in [-0.39, 0.29) is 11.0 Å². The maximum absolute atomic E-state index is 12.0. The molecule has 1 saturated heterocycles. The summed E-state index contributed by atoms with van der Waals surface area (Å²) in [6.45, 7) is 1.46. The zero-order valence-electron chi connectivity index (χ0n) is 10.1. The highest BCUT2D eigenvalue weighted by Crippen LogP contribution is 2.13. The van der Waals surface area contributed by atoms with Crippen LogP contribution in [0.25, 0.3) is 0 Å². The molecule has 1 aromatic carbocycles. The van der Waals surface area contributed by atoms with Crippen molar-refractivity contribution in [2.75, 3.05) is 13.2 Å². The van der Waals surface area contributed by atoms with E-state index in [1.807, 2.05) is 0 Å². The van der Waals surface area contributed by atoms with Crippen molar-refractivity contribution in [3.63, 3.8) is 0 Å². The SMILES string of the molecule is NCc1ccc(S(=O)(=O)NCC2CCCO2)cc1. The normalized spacial score (nSPS) is 20.2. The smallest absolute Gasteiger partial charge is 0.240 e. The summed E-state index contributed by atoms with van der Waals surface area (Å²) in [5, 5.41) is 0. The van der Waals surface area contributed by atoms with Gasteiger partial charge in [-0.3, -0.25) is 0 Å². The Kier molecular flexibility index (Phi) is 4.34. The maximum Gasteiger partial charge on any atom is 0.240 e. The topological polar surface area (TPSA) is 81.4 Å². The number of nitrogens with two attached hydrogens (primary N) is 1. The van der Waals surface area contributed by atoms with Crippen LogP contribution in [0.3, 0.4) is 0 Å². The van der Waals surface area contributed by atoms with Crippen LogP contribution in [0, 0.1) is 0 Å². The van der Waals surface area contributed by atoms with Crippen molar-refractivity contribution < 1.29 is 13.2 Å². The van der Waals surface area contributed by atoms with Gasteiger partial charge in [-0.2, -0.15) is 0 Å². The van der Waals surface area contributed by atoms with Crippen LogP contribution in [0.1, 0.15) is 18.4 Å². The molecule has 0 bridgehead atoms. The van der Waals surface area contributed by atoms with Gasteiger partial charge in [0.15, 0.2) is 0 Å². The van der Waals surface area contributed by atoms with Crippen molar-refractivity contribution in [2.24, 2.45) is 5.73 Å². The van der Waals surface area contributed by atoms with Crippen molar-refractivity contribution in [3.05, 3.63) is 29.8 Å². The van der Waals surface area contributed by atoms with Gasteiger partial charge < -0.3 is 10.5 Å². The highest BCUT2D eigenvalue weighted by atomic mass is 32.2. The van der Waals surface area contributed by atoms with Gasteiger partial charge in [0.25, 0.3) is 0 Å². The molecule has 1 aliphatic heterocycles. The Morgan fingerprint density at radius 3 is 2.61 bits per heavy atom. The summed E-state index contributed by atoms with van der Waals surface area (Å²) in [5.74, 6) is 0. The van der Waals surface area contributed by atoms with Crippen LogP contribution in [0.2, 0.25) is 0 Å². The first-order valence-corrected chi connectivity index (χ1v) is 7.50. The fourth-order valence-corrected chi connectivity index (χ4v) is 2.96. The minimum atomic E-state index is -3.44. The lowest BCUT2D eigenvalue weighted by atomic mass is 10.2. The lowest BCUT2D eigenvalue weighted by Gasteiger charge is -2.11. The van der Waals surface area contributed by atoms with Crippen molar-refractivity contribution in [1.82, 2.24) is 4.72 Å². The van der Waals surface area contributed by atoms with Crippen LogP contribution in [-0.2, 0) is 21.3 Å². The van der Waals surface area contributed by atoms with E-state index in [1.165, 1.54) is 0 Å². The number of benzene rings is 1. The number of sulfonamides is 1. The second kappa shape index (κ2) is 5.79. The predicted molar refractivity (Wildman–Crippen MR) is 68.5 cm³/mol. The first kappa shape index (κ1) is 13.5. The second-order valence-corrected chi connectivity index (χ2v) is 6.10. The molecule has 18 heavy (non-hydrogen) atoms. The van der Waals surface area contributed by atoms with Crippen LogP contribution in [0.15, 0.2) is 29.2 Å². The van der Waals surface area contributed by atoms with Gasteiger partial charge in [-0.25, -0.2) is 13.1 Å². The lowest BCUT2D eigenvalue weighted by Crippen LogP contribution is -2.31. The van der Waals surface area contributed by atoms with Crippen LogP contribution >= 0.6 is 0 Å². The molecule has 1 heterocycles. The number of nitrogens with one attached hydrogen (secondary N) is 1. The molecule has 0 radical (unpaired) electrons. The number of ether oxygens (including phenoxy) is 1. The van der Waals surface area contributed by atoms with Crippen LogP contribution in [0.4, 0.5) is 0 Å². The van der Waals surface area contributed by atoms with E-state index in [4.69, 9.17) is 10.5 Å². The Morgan fingerprint density at radius 1 is 1.33 bits per heavy atom. The van der Waals surface area contributed by atoms with E-state index in [2.05, 4.69) is 4.72 Å². The number of rotatable bonds is 5. The van der Waals surface area contributed by atoms with Gasteiger partial charge in [-0.15, -0.1) is 0 Å². The summed E-state index contributed by atoms with van der Waals surface area (Å²) in [6, 6.07) is 6.58. The summed E-state index contributed by atoms with van der Waals surface area (Å²) in [5.41, 5.74) is 6.38. The Balaban J connectivity index is 2.00. The fourth-order valence-electron chi connectivity index (χ4n) is 1.90. The van der Waals surface area contributed by atoms with Gasteiger partial charge in [0, 0.05) is 19.7 Å². The zero-order chi connectivity index (χ0) is 13.0. The van der Waals surface area contributed by atoms with Crippen LogP contribution in [0.5, 0.6) is 0 Å². The van der Waals surface area contributed by atoms with Gasteiger partial charge in [0.1, 0.15) is 0 Å². The van der Waals surface area contributed by atoms with E-state index >= 15 is 0 Å². The zero-order valence-corrected chi connectivity index (χ0v) is 10.9. The molecular weight excluding hydrogens is 252 g/mol. The predicted octanol–water partition coefficient (Wildman–Crippen LogP) is 0.603. The molecule has 100 valence electrons. The van der Waals surface area contributed by atoms with Gasteiger partial charge >= 0.3 is 0 Å². The van der Waals surface area contributed by atoms with Gasteiger partial charge in [-0.05, 0) is 30.5 Å². The molecule has 1 fully saturated rings. The van der Waals surface area contributed by atoms with Gasteiger partial charge in [0.2, 0.25) is 10.0 Å². The monoisotopic (exact) mass is 270 g/mol. The Labute approximate surface area is 107 Å². The fraction of sp³-hybridized carbons (Fsp3) is 0.500. The summed E-state index contributed by atoms with van der Waals surface area (Å²) in [7, 11) is -3.44. The van der Waals surface area contributed by atoms with E-state index in [0.717, 1.165) is 25.0 Å². The summed E-state index contributed by atoms with van der Waals surface area (Å²) in [6.07, 6.45) is 1.91. The Hall–Kier alpha value is -0.950. The van der Waals surface area contributed by atoms with Crippen molar-refractivity contribution >= 4 is 10.0 Å². The molecule has 6 heteroatoms. The first-order chi connectivity index (χ1) is 8.62. The van der Waals surface area contributed by atoms with Crippen LogP contribution in [-0.4, -0.2) is 27.7 Å². The number of hydrogen-bond donors (Lipinski definition) is 2. The lowest BCUT2D eigenvalue weighted by molar-refractivity contribution is 0.114. The molecule has 0 spiro atoms. The third-order valence-electron chi connectivity index (χ3n) is 2.99. The highest BCUT2D eigenvalue weighted by molar-refractivity contribution is 7.89. The molecule has 1 unspecified atom stereocenters. The van der Waals surface area contributed by atoms with Crippen molar-refractivity contribution in [3.8, 4) is 0 Å². The second-order valence-electron chi connectivity index (χ2n) is 4.34. The van der Waals surface area contributed by atoms with Crippen LogP contribution < -0.4 is 10.5 Å². The highest BCUT2D eigenvalue weighted by Gasteiger charge is 2.19. The summed E-state index contributed by atoms with van der Waals surface area (Å²) >= 11 is 0. The standard InChI is InChI=1S/C12H18N2O3S/c13-8-10-3-5-12(6-4-10)18(15,16)14-9-11-2-1-7-17-11/h3-6,11,14H,1-2,7-9,13H2. The molecular formula is C12H18N2O3S. The summed E-state index contributed by atoms with van der Waals surface area (Å²) in [4.78, 5) is 0.262. The molecule has 1 aromatic rings. The molecule has 1 aliphatic rings. The average Bonchev–Trinajstić information content (AvgIpc) is 2.90. The molecule has 5 nitrogen and oxygen atoms in total. The maximum atomic E-state index is 12.0. The van der Waals surface area contributed by atoms with Crippen molar-refractivity contribution in [1.29, 1.82) is 0 Å². The third kappa shape index (κ3) is 3.29. The van der Waals surface area contributed by atoms with E-state index in [1.54, 1.807) is 24.3 Å². The molecule has 0 amide bonds. The van der Waals surface area contributed by atoms with E-state index < -0.39 is 10.0 Å². The molecule has 3 N–H and O–H groups in total. The van der Waals surface area contributed by atoms with Crippen molar-refractivity contribution in [2.45, 2.75) is 30.4 Å². The van der Waals surface area contributed by atoms with Gasteiger partial charge in [-0.1, -0.05) is 12.1 Å². The molecule has 0 aliphatic carbocycles. The molecule has 0 saturated carbocycles. The molecule has 2 rings (SSSR count). The third-order valence-corrected chi connectivity index (χ3v) is 4.43. The quantitative estimate of drug-likeness (QED) is 0.821. The van der Waals surface area contributed by atoms with E-state index in [9.17, 15) is 8.42 Å².